The minimum absolute atomic E-state index is 0.0145. The van der Waals surface area contributed by atoms with E-state index in [1.807, 2.05) is 0 Å². The molecular formula is C19H17ClF2N4O2S. The quantitative estimate of drug-likeness (QED) is 0.764. The van der Waals surface area contributed by atoms with E-state index >= 15 is 0 Å². The minimum Gasteiger partial charge on any atom is -0.379 e. The molecule has 4 rings (SSSR count). The van der Waals surface area contributed by atoms with E-state index in [0.29, 0.717) is 21.6 Å². The third kappa shape index (κ3) is 3.70. The molecule has 0 spiro atoms. The summed E-state index contributed by atoms with van der Waals surface area (Å²) < 4.78 is 33.9. The SMILES string of the molecule is NC1=N[C@@]2(c3cc(NC(=O)c4ccc(Cl)cn4)ccc3F)CO[C@H](CF)[C@H]2CS1. The van der Waals surface area contributed by atoms with Gasteiger partial charge >= 0.3 is 0 Å². The fourth-order valence-corrected chi connectivity index (χ4v) is 4.84. The second-order valence-electron chi connectivity index (χ2n) is 6.81. The number of carbonyl (C=O) groups excluding carboxylic acids is 1. The number of hydrogen-bond donors (Lipinski definition) is 2. The van der Waals surface area contributed by atoms with Crippen LogP contribution in [-0.4, -0.2) is 41.2 Å². The zero-order chi connectivity index (χ0) is 20.6. The number of amides is 1. The molecule has 1 aromatic carbocycles. The van der Waals surface area contributed by atoms with Crippen molar-refractivity contribution in [2.24, 2.45) is 16.6 Å². The van der Waals surface area contributed by atoms with Gasteiger partial charge in [0.2, 0.25) is 0 Å². The molecule has 2 aromatic rings. The van der Waals surface area contributed by atoms with Crippen molar-refractivity contribution in [2.75, 3.05) is 24.4 Å². The fraction of sp³-hybridized carbons (Fsp3) is 0.316. The third-order valence-electron chi connectivity index (χ3n) is 5.10. The monoisotopic (exact) mass is 438 g/mol. The minimum atomic E-state index is -1.13. The lowest BCUT2D eigenvalue weighted by molar-refractivity contribution is 0.0721. The van der Waals surface area contributed by atoms with Crippen LogP contribution in [0, 0.1) is 11.7 Å². The Balaban J connectivity index is 1.68. The van der Waals surface area contributed by atoms with Gasteiger partial charge in [0.15, 0.2) is 5.17 Å². The Morgan fingerprint density at radius 2 is 2.24 bits per heavy atom. The number of nitrogens with two attached hydrogens (primary N) is 1. The topological polar surface area (TPSA) is 89.6 Å². The van der Waals surface area contributed by atoms with Gasteiger partial charge in [0.1, 0.15) is 23.7 Å². The average molecular weight is 439 g/mol. The summed E-state index contributed by atoms with van der Waals surface area (Å²) in [6, 6.07) is 7.20. The maximum atomic E-state index is 14.8. The highest BCUT2D eigenvalue weighted by Gasteiger charge is 2.54. The van der Waals surface area contributed by atoms with Crippen LogP contribution in [0.25, 0.3) is 0 Å². The molecule has 6 nitrogen and oxygen atoms in total. The van der Waals surface area contributed by atoms with Crippen LogP contribution in [0.3, 0.4) is 0 Å². The molecule has 3 N–H and O–H groups in total. The van der Waals surface area contributed by atoms with Crippen molar-refractivity contribution in [3.63, 3.8) is 0 Å². The number of halogens is 3. The number of anilines is 1. The molecule has 0 radical (unpaired) electrons. The van der Waals surface area contributed by atoms with Crippen molar-refractivity contribution in [2.45, 2.75) is 11.6 Å². The van der Waals surface area contributed by atoms with Crippen LogP contribution in [0.5, 0.6) is 0 Å². The van der Waals surface area contributed by atoms with E-state index in [-0.39, 0.29) is 23.8 Å². The average Bonchev–Trinajstić information content (AvgIpc) is 3.08. The van der Waals surface area contributed by atoms with Crippen LogP contribution in [0.1, 0.15) is 16.1 Å². The molecule has 0 bridgehead atoms. The summed E-state index contributed by atoms with van der Waals surface area (Å²) in [6.45, 7) is -0.677. The zero-order valence-corrected chi connectivity index (χ0v) is 16.6. The van der Waals surface area contributed by atoms with Gasteiger partial charge in [-0.3, -0.25) is 4.79 Å². The van der Waals surface area contributed by atoms with Crippen molar-refractivity contribution in [1.29, 1.82) is 0 Å². The standard InChI is InChI=1S/C19H17ClF2N4O2S/c20-10-1-4-15(24-7-10)17(27)25-11-2-3-14(22)12(5-11)19-9-28-16(6-21)13(19)8-29-18(23)26-19/h1-5,7,13,16H,6,8-9H2,(H2,23,26)(H,25,27)/t13-,16-,19-/m1/s1. The molecular weight excluding hydrogens is 422 g/mol. The number of aromatic nitrogens is 1. The molecule has 1 aromatic heterocycles. The van der Waals surface area contributed by atoms with E-state index in [9.17, 15) is 13.6 Å². The number of benzene rings is 1. The molecule has 29 heavy (non-hydrogen) atoms. The van der Waals surface area contributed by atoms with Crippen LogP contribution in [0.2, 0.25) is 5.02 Å². The van der Waals surface area contributed by atoms with Crippen molar-refractivity contribution >= 4 is 40.1 Å². The van der Waals surface area contributed by atoms with Gasteiger partial charge in [0, 0.05) is 29.1 Å². The lowest BCUT2D eigenvalue weighted by Gasteiger charge is -2.35. The molecule has 2 aliphatic heterocycles. The van der Waals surface area contributed by atoms with Crippen LogP contribution in [0.15, 0.2) is 41.5 Å². The molecule has 10 heteroatoms. The Kier molecular flexibility index (Phi) is 5.46. The molecule has 152 valence electrons. The number of thioether (sulfide) groups is 1. The van der Waals surface area contributed by atoms with E-state index < -0.39 is 30.0 Å². The maximum absolute atomic E-state index is 14.8. The fourth-order valence-electron chi connectivity index (χ4n) is 3.66. The van der Waals surface area contributed by atoms with Gasteiger partial charge in [0.05, 0.1) is 17.7 Å². The zero-order valence-electron chi connectivity index (χ0n) is 15.1. The normalized spacial score (nSPS) is 26.0. The van der Waals surface area contributed by atoms with Gasteiger partial charge in [-0.15, -0.1) is 0 Å². The molecule has 0 unspecified atom stereocenters. The Bertz CT molecular complexity index is 975. The summed E-state index contributed by atoms with van der Waals surface area (Å²) in [5.41, 5.74) is 5.51. The summed E-state index contributed by atoms with van der Waals surface area (Å²) in [5.74, 6) is -0.901. The number of alkyl halides is 1. The molecule has 2 aliphatic rings. The second-order valence-corrected chi connectivity index (χ2v) is 8.28. The van der Waals surface area contributed by atoms with Crippen LogP contribution >= 0.6 is 23.4 Å². The Labute approximate surface area is 174 Å². The van der Waals surface area contributed by atoms with E-state index in [1.54, 1.807) is 6.07 Å². The van der Waals surface area contributed by atoms with Gasteiger partial charge in [0.25, 0.3) is 5.91 Å². The van der Waals surface area contributed by atoms with Gasteiger partial charge in [-0.25, -0.2) is 18.8 Å². The summed E-state index contributed by atoms with van der Waals surface area (Å²) >= 11 is 7.08. The Morgan fingerprint density at radius 3 is 2.97 bits per heavy atom. The summed E-state index contributed by atoms with van der Waals surface area (Å²) in [7, 11) is 0. The van der Waals surface area contributed by atoms with Gasteiger partial charge in [-0.2, -0.15) is 0 Å². The first-order valence-corrected chi connectivity index (χ1v) is 10.2. The highest BCUT2D eigenvalue weighted by molar-refractivity contribution is 8.13. The maximum Gasteiger partial charge on any atom is 0.274 e. The van der Waals surface area contributed by atoms with Crippen LogP contribution < -0.4 is 11.1 Å². The molecule has 0 aliphatic carbocycles. The largest absolute Gasteiger partial charge is 0.379 e. The predicted octanol–water partition coefficient (Wildman–Crippen LogP) is 3.37. The van der Waals surface area contributed by atoms with Crippen LogP contribution in [0.4, 0.5) is 14.5 Å². The Morgan fingerprint density at radius 1 is 1.41 bits per heavy atom. The highest BCUT2D eigenvalue weighted by atomic mass is 35.5. The number of carbonyl (C=O) groups is 1. The van der Waals surface area contributed by atoms with Gasteiger partial charge < -0.3 is 15.8 Å². The van der Waals surface area contributed by atoms with E-state index in [2.05, 4.69) is 15.3 Å². The first kappa shape index (κ1) is 20.1. The summed E-state index contributed by atoms with van der Waals surface area (Å²) in [6.07, 6.45) is 0.676. The van der Waals surface area contributed by atoms with Crippen molar-refractivity contribution in [1.82, 2.24) is 4.98 Å². The van der Waals surface area contributed by atoms with E-state index in [0.717, 1.165) is 0 Å². The predicted molar refractivity (Wildman–Crippen MR) is 109 cm³/mol. The lowest BCUT2D eigenvalue weighted by atomic mass is 9.79. The van der Waals surface area contributed by atoms with Gasteiger partial charge in [-0.1, -0.05) is 23.4 Å². The number of hydrogen-bond acceptors (Lipinski definition) is 6. The van der Waals surface area contributed by atoms with Crippen LogP contribution in [-0.2, 0) is 10.3 Å². The van der Waals surface area contributed by atoms with Gasteiger partial charge in [-0.05, 0) is 30.3 Å². The number of rotatable bonds is 4. The second kappa shape index (κ2) is 7.89. The molecule has 0 saturated carbocycles. The number of pyridine rings is 1. The van der Waals surface area contributed by atoms with Crippen molar-refractivity contribution < 1.29 is 18.3 Å². The first-order valence-electron chi connectivity index (χ1n) is 8.81. The van der Waals surface area contributed by atoms with E-state index in [1.165, 1.54) is 42.2 Å². The first-order chi connectivity index (χ1) is 13.9. The number of nitrogens with zero attached hydrogens (tertiary/aromatic N) is 2. The highest BCUT2D eigenvalue weighted by Crippen LogP contribution is 2.48. The smallest absolute Gasteiger partial charge is 0.274 e. The molecule has 1 amide bonds. The number of nitrogens with one attached hydrogen (secondary N) is 1. The lowest BCUT2D eigenvalue weighted by Crippen LogP contribution is -2.42. The molecule has 1 fully saturated rings. The summed E-state index contributed by atoms with van der Waals surface area (Å²) in [5, 5.41) is 3.39. The molecule has 1 saturated heterocycles. The number of amidine groups is 1. The Hall–Kier alpha value is -2.23. The van der Waals surface area contributed by atoms with Crippen molar-refractivity contribution in [3.05, 3.63) is 58.6 Å². The van der Waals surface area contributed by atoms with E-state index in [4.69, 9.17) is 22.1 Å². The number of ether oxygens (including phenoxy) is 1. The molecule has 3 heterocycles. The number of aliphatic imine (C=N–C) groups is 1. The summed E-state index contributed by atoms with van der Waals surface area (Å²) in [4.78, 5) is 20.9. The molecule has 3 atom stereocenters. The number of fused-ring (bicyclic) bond motifs is 1. The van der Waals surface area contributed by atoms with Crippen molar-refractivity contribution in [3.8, 4) is 0 Å². The third-order valence-corrected chi connectivity index (χ3v) is 6.24.